The minimum absolute atomic E-state index is 0. The van der Waals surface area contributed by atoms with Crippen LogP contribution in [0.25, 0.3) is 0 Å². The van der Waals surface area contributed by atoms with Gasteiger partial charge >= 0.3 is 5.97 Å². The Hall–Kier alpha value is -1.87. The van der Waals surface area contributed by atoms with Gasteiger partial charge in [-0.15, -0.1) is 12.4 Å². The van der Waals surface area contributed by atoms with E-state index in [0.717, 1.165) is 64.3 Å². The highest BCUT2D eigenvalue weighted by Crippen LogP contribution is 2.03. The van der Waals surface area contributed by atoms with Crippen molar-refractivity contribution in [3.63, 3.8) is 0 Å². The first-order valence-electron chi connectivity index (χ1n) is 12.7. The number of carboxylic acids is 1. The van der Waals surface area contributed by atoms with E-state index >= 15 is 0 Å². The van der Waals surface area contributed by atoms with E-state index in [4.69, 9.17) is 10.8 Å². The van der Waals surface area contributed by atoms with Crippen LogP contribution in [0, 0.1) is 0 Å². The van der Waals surface area contributed by atoms with Gasteiger partial charge in [0.15, 0.2) is 0 Å². The molecule has 0 aliphatic carbocycles. The van der Waals surface area contributed by atoms with E-state index in [2.05, 4.69) is 16.0 Å². The monoisotopic (exact) mass is 506 g/mol. The number of hydrogen-bond donors (Lipinski definition) is 5. The average molecular weight is 507 g/mol. The molecule has 3 amide bonds. The normalized spacial score (nSPS) is 10.3. The van der Waals surface area contributed by atoms with Gasteiger partial charge in [0.25, 0.3) is 0 Å². The summed E-state index contributed by atoms with van der Waals surface area (Å²) in [6.45, 7) is 2.72. The number of unbranched alkanes of at least 4 members (excludes halogenated alkanes) is 8. The van der Waals surface area contributed by atoms with Crippen LogP contribution in [0.5, 0.6) is 0 Å². The maximum absolute atomic E-state index is 11.8. The lowest BCUT2D eigenvalue weighted by Gasteiger charge is -2.07. The van der Waals surface area contributed by atoms with Gasteiger partial charge in [0.2, 0.25) is 17.7 Å². The Labute approximate surface area is 211 Å². The lowest BCUT2D eigenvalue weighted by atomic mass is 10.1. The molecule has 0 aromatic heterocycles. The summed E-state index contributed by atoms with van der Waals surface area (Å²) in [6.07, 6.45) is 12.0. The van der Waals surface area contributed by atoms with Crippen molar-refractivity contribution < 1.29 is 24.3 Å². The zero-order valence-corrected chi connectivity index (χ0v) is 21.5. The molecule has 0 spiro atoms. The van der Waals surface area contributed by atoms with E-state index in [9.17, 15) is 19.2 Å². The highest BCUT2D eigenvalue weighted by atomic mass is 35.5. The van der Waals surface area contributed by atoms with Gasteiger partial charge in [-0.2, -0.15) is 0 Å². The molecular weight excluding hydrogens is 460 g/mol. The van der Waals surface area contributed by atoms with Crippen molar-refractivity contribution >= 4 is 36.1 Å². The predicted molar refractivity (Wildman–Crippen MR) is 137 cm³/mol. The molecule has 0 heterocycles. The number of halogens is 1. The molecule has 10 heteroatoms. The summed E-state index contributed by atoms with van der Waals surface area (Å²) in [5.41, 5.74) is 5.44. The molecule has 0 aromatic carbocycles. The molecule has 0 aliphatic rings. The van der Waals surface area contributed by atoms with Crippen LogP contribution in [0.15, 0.2) is 0 Å². The molecule has 9 nitrogen and oxygen atoms in total. The largest absolute Gasteiger partial charge is 0.481 e. The van der Waals surface area contributed by atoms with Gasteiger partial charge in [-0.25, -0.2) is 0 Å². The van der Waals surface area contributed by atoms with Gasteiger partial charge < -0.3 is 26.8 Å². The van der Waals surface area contributed by atoms with E-state index in [1.807, 2.05) is 0 Å². The van der Waals surface area contributed by atoms with E-state index in [0.29, 0.717) is 58.2 Å². The third-order valence-electron chi connectivity index (χ3n) is 5.30. The highest BCUT2D eigenvalue weighted by molar-refractivity contribution is 5.85. The fraction of sp³-hybridized carbons (Fsp3) is 0.833. The molecule has 6 N–H and O–H groups in total. The van der Waals surface area contributed by atoms with Crippen molar-refractivity contribution in [1.29, 1.82) is 0 Å². The van der Waals surface area contributed by atoms with Crippen LogP contribution >= 0.6 is 12.4 Å². The molecule has 0 rings (SSSR count). The minimum Gasteiger partial charge on any atom is -0.481 e. The number of rotatable bonds is 23. The van der Waals surface area contributed by atoms with Crippen LogP contribution in [0.4, 0.5) is 0 Å². The maximum atomic E-state index is 11.8. The Bertz CT molecular complexity index is 549. The van der Waals surface area contributed by atoms with Crippen LogP contribution in [-0.4, -0.2) is 55.0 Å². The Morgan fingerprint density at radius 2 is 0.824 bits per heavy atom. The minimum atomic E-state index is -0.827. The van der Waals surface area contributed by atoms with E-state index < -0.39 is 5.97 Å². The summed E-state index contributed by atoms with van der Waals surface area (Å²) in [4.78, 5) is 45.6. The number of carboxylic acid groups (broad SMARTS) is 1. The highest BCUT2D eigenvalue weighted by Gasteiger charge is 2.05. The third-order valence-corrected chi connectivity index (χ3v) is 5.30. The number of nitrogens with two attached hydrogens (primary N) is 1. The lowest BCUT2D eigenvalue weighted by molar-refractivity contribution is -0.137. The molecule has 0 bridgehead atoms. The van der Waals surface area contributed by atoms with Crippen LogP contribution in [0.2, 0.25) is 0 Å². The third kappa shape index (κ3) is 26.4. The van der Waals surface area contributed by atoms with Crippen LogP contribution in [0.3, 0.4) is 0 Å². The summed E-state index contributed by atoms with van der Waals surface area (Å²) in [5, 5.41) is 17.2. The number of amides is 3. The van der Waals surface area contributed by atoms with Gasteiger partial charge in [-0.05, 0) is 57.9 Å². The quantitative estimate of drug-likeness (QED) is 0.134. The summed E-state index contributed by atoms with van der Waals surface area (Å²) in [7, 11) is 0. The zero-order chi connectivity index (χ0) is 24.6. The smallest absolute Gasteiger partial charge is 0.303 e. The molecule has 0 aliphatic heterocycles. The first-order chi connectivity index (χ1) is 16.0. The molecule has 200 valence electrons. The molecule has 0 fully saturated rings. The molecule has 0 radical (unpaired) electrons. The Morgan fingerprint density at radius 3 is 1.15 bits per heavy atom. The Kier molecular flexibility index (Phi) is 26.0. The Morgan fingerprint density at radius 1 is 0.500 bits per heavy atom. The van der Waals surface area contributed by atoms with Crippen molar-refractivity contribution in [3.05, 3.63) is 0 Å². The van der Waals surface area contributed by atoms with Gasteiger partial charge in [0.1, 0.15) is 0 Å². The van der Waals surface area contributed by atoms with Crippen molar-refractivity contribution in [2.45, 2.75) is 103 Å². The molecule has 0 atom stereocenters. The fourth-order valence-corrected chi connectivity index (χ4v) is 3.31. The molecule has 0 saturated heterocycles. The Balaban J connectivity index is 0. The topological polar surface area (TPSA) is 151 Å². The molecule has 0 aromatic rings. The summed E-state index contributed by atoms with van der Waals surface area (Å²) in [5.74, 6) is -0.760. The number of carbonyl (C=O) groups is 4. The van der Waals surface area contributed by atoms with E-state index in [-0.39, 0.29) is 36.5 Å². The van der Waals surface area contributed by atoms with Gasteiger partial charge in [0.05, 0.1) is 0 Å². The van der Waals surface area contributed by atoms with Gasteiger partial charge in [-0.3, -0.25) is 19.2 Å². The molecular formula is C24H47ClN4O5. The maximum Gasteiger partial charge on any atom is 0.303 e. The van der Waals surface area contributed by atoms with E-state index in [1.54, 1.807) is 0 Å². The summed E-state index contributed by atoms with van der Waals surface area (Å²) in [6, 6.07) is 0. The van der Waals surface area contributed by atoms with Gasteiger partial charge in [-0.1, -0.05) is 25.7 Å². The average Bonchev–Trinajstić information content (AvgIpc) is 2.78. The van der Waals surface area contributed by atoms with E-state index in [1.165, 1.54) is 0 Å². The number of nitrogens with one attached hydrogen (secondary N) is 3. The molecule has 0 saturated carbocycles. The van der Waals surface area contributed by atoms with Crippen LogP contribution < -0.4 is 21.7 Å². The SMILES string of the molecule is Cl.NCCCCCCNC(=O)CCCCC(=O)NCCCCCCNC(=O)CCCCC(=O)O. The van der Waals surface area contributed by atoms with Crippen LogP contribution in [0.1, 0.15) is 103 Å². The summed E-state index contributed by atoms with van der Waals surface area (Å²) < 4.78 is 0. The zero-order valence-electron chi connectivity index (χ0n) is 20.7. The van der Waals surface area contributed by atoms with Crippen molar-refractivity contribution in [2.75, 3.05) is 26.2 Å². The van der Waals surface area contributed by atoms with Crippen molar-refractivity contribution in [3.8, 4) is 0 Å². The second kappa shape index (κ2) is 25.7. The first-order valence-corrected chi connectivity index (χ1v) is 12.7. The van der Waals surface area contributed by atoms with Crippen LogP contribution in [-0.2, 0) is 19.2 Å². The number of carbonyl (C=O) groups excluding carboxylic acids is 3. The first kappa shape index (κ1) is 34.3. The van der Waals surface area contributed by atoms with Gasteiger partial charge in [0, 0.05) is 45.3 Å². The number of hydrogen-bond acceptors (Lipinski definition) is 5. The standard InChI is InChI=1S/C24H46N4O5.ClH/c25-17-9-1-2-10-18-26-21(29)13-5-6-14-22(30)27-19-11-3-4-12-20-28-23(31)15-7-8-16-24(32)33;/h1-20,25H2,(H,26,29)(H,27,30)(H,28,31)(H,32,33);1H. The molecule has 34 heavy (non-hydrogen) atoms. The fourth-order valence-electron chi connectivity index (χ4n) is 3.31. The second-order valence-electron chi connectivity index (χ2n) is 8.47. The molecule has 0 unspecified atom stereocenters. The lowest BCUT2D eigenvalue weighted by Crippen LogP contribution is -2.25. The van der Waals surface area contributed by atoms with Crippen molar-refractivity contribution in [1.82, 2.24) is 16.0 Å². The second-order valence-corrected chi connectivity index (χ2v) is 8.47. The number of aliphatic carboxylic acids is 1. The van der Waals surface area contributed by atoms with Crippen molar-refractivity contribution in [2.24, 2.45) is 5.73 Å². The predicted octanol–water partition coefficient (Wildman–Crippen LogP) is 3.04. The summed E-state index contributed by atoms with van der Waals surface area (Å²) >= 11 is 0.